The zero-order valence-corrected chi connectivity index (χ0v) is 23.3. The zero-order valence-electron chi connectivity index (χ0n) is 23.3. The molecule has 0 bridgehead atoms. The molecule has 0 N–H and O–H groups in total. The Hall–Kier alpha value is -4.29. The third kappa shape index (κ3) is 8.89. The van der Waals surface area contributed by atoms with Crippen molar-refractivity contribution >= 4 is 11.9 Å². The van der Waals surface area contributed by atoms with E-state index in [4.69, 9.17) is 14.2 Å². The molecule has 0 heterocycles. The van der Waals surface area contributed by atoms with Crippen LogP contribution in [0.15, 0.2) is 103 Å². The number of hydrogen-bond donors (Lipinski definition) is 0. The highest BCUT2D eigenvalue weighted by atomic mass is 19.1. The molecule has 0 amide bonds. The van der Waals surface area contributed by atoms with E-state index in [0.29, 0.717) is 47.7 Å². The van der Waals surface area contributed by atoms with Crippen molar-refractivity contribution in [1.82, 2.24) is 0 Å². The summed E-state index contributed by atoms with van der Waals surface area (Å²) in [7, 11) is 0. The fraction of sp³-hybridized carbons (Fsp3) is 0.235. The molecule has 5 nitrogen and oxygen atoms in total. The van der Waals surface area contributed by atoms with E-state index in [2.05, 4.69) is 19.7 Å². The summed E-state index contributed by atoms with van der Waals surface area (Å²) in [6.07, 6.45) is 0.644. The van der Waals surface area contributed by atoms with Gasteiger partial charge in [0.25, 0.3) is 0 Å². The minimum absolute atomic E-state index is 0.0408. The Morgan fingerprint density at radius 1 is 0.775 bits per heavy atom. The van der Waals surface area contributed by atoms with Gasteiger partial charge in [-0.3, -0.25) is 0 Å². The maximum atomic E-state index is 15.1. The van der Waals surface area contributed by atoms with Gasteiger partial charge < -0.3 is 14.2 Å². The number of carbonyl (C=O) groups is 2. The van der Waals surface area contributed by atoms with Crippen LogP contribution in [0.1, 0.15) is 26.3 Å². The Balaban J connectivity index is 1.69. The zero-order chi connectivity index (χ0) is 29.2. The predicted molar refractivity (Wildman–Crippen MR) is 156 cm³/mol. The molecule has 0 spiro atoms. The first-order valence-corrected chi connectivity index (χ1v) is 12.9. The number of carbonyl (C=O) groups excluding carboxylic acids is 2. The fourth-order valence-electron chi connectivity index (χ4n) is 3.87. The highest BCUT2D eigenvalue weighted by molar-refractivity contribution is 5.89. The smallest absolute Gasteiger partial charge is 0.338 e. The van der Waals surface area contributed by atoms with E-state index in [1.165, 1.54) is 6.07 Å². The Bertz CT molecular complexity index is 1390. The highest BCUT2D eigenvalue weighted by Crippen LogP contribution is 2.30. The van der Waals surface area contributed by atoms with E-state index in [1.54, 1.807) is 44.2 Å². The van der Waals surface area contributed by atoms with Crippen LogP contribution in [-0.2, 0) is 25.5 Å². The SMILES string of the molecule is C=C(C)COCC(COC(=O)C(=C)C)Cc1ccc(-c2ccc(-c3ccc(OC(=O)C(=C)C)cc3)c(F)c2)cc1. The summed E-state index contributed by atoms with van der Waals surface area (Å²) >= 11 is 0. The Labute approximate surface area is 235 Å². The normalized spacial score (nSPS) is 11.4. The largest absolute Gasteiger partial charge is 0.462 e. The van der Waals surface area contributed by atoms with Gasteiger partial charge >= 0.3 is 11.9 Å². The van der Waals surface area contributed by atoms with Crippen molar-refractivity contribution in [1.29, 1.82) is 0 Å². The molecule has 3 aromatic rings. The average Bonchev–Trinajstić information content (AvgIpc) is 2.92. The second-order valence-corrected chi connectivity index (χ2v) is 10.0. The number of rotatable bonds is 13. The molecule has 0 radical (unpaired) electrons. The van der Waals surface area contributed by atoms with Crippen molar-refractivity contribution in [2.75, 3.05) is 19.8 Å². The van der Waals surface area contributed by atoms with Crippen LogP contribution in [0, 0.1) is 11.7 Å². The van der Waals surface area contributed by atoms with E-state index in [1.807, 2.05) is 37.3 Å². The quantitative estimate of drug-likeness (QED) is 0.0968. The maximum absolute atomic E-state index is 15.1. The van der Waals surface area contributed by atoms with E-state index in [0.717, 1.165) is 22.3 Å². The lowest BCUT2D eigenvalue weighted by atomic mass is 9.96. The second-order valence-electron chi connectivity index (χ2n) is 10.0. The van der Waals surface area contributed by atoms with Crippen LogP contribution in [0.3, 0.4) is 0 Å². The van der Waals surface area contributed by atoms with Gasteiger partial charge in [0.05, 0.1) is 19.8 Å². The highest BCUT2D eigenvalue weighted by Gasteiger charge is 2.15. The lowest BCUT2D eigenvalue weighted by Gasteiger charge is -2.18. The first-order valence-electron chi connectivity index (χ1n) is 12.9. The van der Waals surface area contributed by atoms with Crippen molar-refractivity contribution in [2.24, 2.45) is 5.92 Å². The van der Waals surface area contributed by atoms with Crippen LogP contribution in [-0.4, -0.2) is 31.8 Å². The molecular weight excluding hydrogens is 507 g/mol. The summed E-state index contributed by atoms with van der Waals surface area (Å²) in [5, 5.41) is 0. The molecule has 0 saturated heterocycles. The van der Waals surface area contributed by atoms with Gasteiger partial charge in [0.15, 0.2) is 0 Å². The summed E-state index contributed by atoms with van der Waals surface area (Å²) in [6.45, 7) is 17.2. The van der Waals surface area contributed by atoms with E-state index in [-0.39, 0.29) is 18.3 Å². The number of ether oxygens (including phenoxy) is 3. The van der Waals surface area contributed by atoms with Crippen LogP contribution in [0.25, 0.3) is 22.3 Å². The predicted octanol–water partition coefficient (Wildman–Crippen LogP) is 7.51. The first-order chi connectivity index (χ1) is 19.0. The van der Waals surface area contributed by atoms with Crippen molar-refractivity contribution in [3.8, 4) is 28.0 Å². The van der Waals surface area contributed by atoms with Gasteiger partial charge in [-0.15, -0.1) is 0 Å². The van der Waals surface area contributed by atoms with Gasteiger partial charge in [0.1, 0.15) is 11.6 Å². The number of benzene rings is 3. The number of halogens is 1. The van der Waals surface area contributed by atoms with E-state index >= 15 is 4.39 Å². The molecule has 1 unspecified atom stereocenters. The van der Waals surface area contributed by atoms with Crippen LogP contribution in [0.5, 0.6) is 5.75 Å². The summed E-state index contributed by atoms with van der Waals surface area (Å²) in [5.41, 5.74) is 5.35. The molecule has 0 saturated carbocycles. The Morgan fingerprint density at radius 3 is 1.95 bits per heavy atom. The number of hydrogen-bond acceptors (Lipinski definition) is 5. The van der Waals surface area contributed by atoms with Gasteiger partial charge in [0, 0.05) is 22.6 Å². The van der Waals surface area contributed by atoms with Crippen LogP contribution >= 0.6 is 0 Å². The molecule has 1 atom stereocenters. The van der Waals surface area contributed by atoms with E-state index < -0.39 is 11.9 Å². The van der Waals surface area contributed by atoms with Crippen LogP contribution < -0.4 is 4.74 Å². The molecule has 3 rings (SSSR count). The summed E-state index contributed by atoms with van der Waals surface area (Å²) in [5.74, 6) is -0.962. The maximum Gasteiger partial charge on any atom is 0.338 e. The molecule has 6 heteroatoms. The fourth-order valence-corrected chi connectivity index (χ4v) is 3.87. The molecule has 0 aromatic heterocycles. The standard InChI is InChI=1S/C34H35FO5/c1-22(2)19-38-20-26(21-39-33(36)23(3)4)17-25-7-9-27(10-8-25)29-13-16-31(32(35)18-29)28-11-14-30(15-12-28)40-34(37)24(5)6/h7-16,18,26H,1,3,5,17,19-21H2,2,4,6H3. The van der Waals surface area contributed by atoms with Crippen molar-refractivity contribution in [3.63, 3.8) is 0 Å². The topological polar surface area (TPSA) is 61.8 Å². The van der Waals surface area contributed by atoms with Crippen molar-refractivity contribution in [3.05, 3.63) is 115 Å². The minimum atomic E-state index is -0.507. The average molecular weight is 543 g/mol. The monoisotopic (exact) mass is 542 g/mol. The number of esters is 2. The van der Waals surface area contributed by atoms with Gasteiger partial charge in [-0.1, -0.05) is 73.8 Å². The van der Waals surface area contributed by atoms with Gasteiger partial charge in [-0.05, 0) is 67.6 Å². The van der Waals surface area contributed by atoms with Gasteiger partial charge in [-0.25, -0.2) is 14.0 Å². The van der Waals surface area contributed by atoms with Crippen molar-refractivity contribution < 1.29 is 28.2 Å². The minimum Gasteiger partial charge on any atom is -0.462 e. The summed E-state index contributed by atoms with van der Waals surface area (Å²) in [6, 6.07) is 19.6. The second kappa shape index (κ2) is 14.2. The Kier molecular flexibility index (Phi) is 10.7. The van der Waals surface area contributed by atoms with Crippen LogP contribution in [0.2, 0.25) is 0 Å². The van der Waals surface area contributed by atoms with Crippen molar-refractivity contribution in [2.45, 2.75) is 27.2 Å². The third-order valence-corrected chi connectivity index (χ3v) is 6.01. The van der Waals surface area contributed by atoms with Gasteiger partial charge in [0.2, 0.25) is 0 Å². The molecule has 0 aliphatic carbocycles. The molecular formula is C34H35FO5. The summed E-state index contributed by atoms with van der Waals surface area (Å²) < 4.78 is 31.4. The first kappa shape index (κ1) is 30.3. The molecule has 40 heavy (non-hydrogen) atoms. The van der Waals surface area contributed by atoms with Crippen LogP contribution in [0.4, 0.5) is 4.39 Å². The lowest BCUT2D eigenvalue weighted by Crippen LogP contribution is -2.21. The lowest BCUT2D eigenvalue weighted by molar-refractivity contribution is -0.140. The van der Waals surface area contributed by atoms with E-state index in [9.17, 15) is 9.59 Å². The molecule has 208 valence electrons. The molecule has 0 aliphatic heterocycles. The molecule has 0 aliphatic rings. The molecule has 3 aromatic carbocycles. The summed E-state index contributed by atoms with van der Waals surface area (Å²) in [4.78, 5) is 23.6. The third-order valence-electron chi connectivity index (χ3n) is 6.01. The molecule has 0 fully saturated rings. The Morgan fingerprint density at radius 2 is 1.38 bits per heavy atom. The van der Waals surface area contributed by atoms with Gasteiger partial charge in [-0.2, -0.15) is 0 Å².